The van der Waals surface area contributed by atoms with Gasteiger partial charge < -0.3 is 15.4 Å². The molecule has 2 N–H and O–H groups in total. The number of sulfone groups is 1. The molecule has 0 amide bonds. The number of hydrogen-bond donors (Lipinski definition) is 1. The molecule has 0 spiro atoms. The smallest absolute Gasteiger partial charge is 0.155 e. The molecule has 1 fully saturated rings. The second-order valence-electron chi connectivity index (χ2n) is 5.31. The maximum atomic E-state index is 11.8. The Kier molecular flexibility index (Phi) is 3.73. The Bertz CT molecular complexity index is 569. The summed E-state index contributed by atoms with van der Waals surface area (Å²) >= 11 is 0. The summed E-state index contributed by atoms with van der Waals surface area (Å²) < 4.78 is 29.4. The van der Waals surface area contributed by atoms with Gasteiger partial charge in [-0.05, 0) is 38.7 Å². The summed E-state index contributed by atoms with van der Waals surface area (Å²) in [5.74, 6) is 0.744. The van der Waals surface area contributed by atoms with Gasteiger partial charge in [-0.1, -0.05) is 6.07 Å². The van der Waals surface area contributed by atoms with Crippen LogP contribution in [0, 0.1) is 6.92 Å². The first-order valence-electron chi connectivity index (χ1n) is 6.18. The van der Waals surface area contributed by atoms with E-state index in [1.54, 1.807) is 6.07 Å². The van der Waals surface area contributed by atoms with Crippen molar-refractivity contribution in [2.75, 3.05) is 31.3 Å². The summed E-state index contributed by atoms with van der Waals surface area (Å²) in [6, 6.07) is 5.38. The zero-order valence-corrected chi connectivity index (χ0v) is 12.3. The molecule has 2 unspecified atom stereocenters. The van der Waals surface area contributed by atoms with E-state index in [0.29, 0.717) is 11.4 Å². The monoisotopic (exact) mass is 284 g/mol. The fourth-order valence-electron chi connectivity index (χ4n) is 2.30. The molecule has 0 bridgehead atoms. The van der Waals surface area contributed by atoms with Crippen LogP contribution in [0.1, 0.15) is 5.56 Å². The van der Waals surface area contributed by atoms with E-state index >= 15 is 0 Å². The molecule has 6 heteroatoms. The highest BCUT2D eigenvalue weighted by atomic mass is 32.2. The Labute approximate surface area is 114 Å². The van der Waals surface area contributed by atoms with Crippen LogP contribution >= 0.6 is 0 Å². The average molecular weight is 284 g/mol. The standard InChI is InChI=1S/C13H20N2O3S/c1-9-4-5-10(14)12(6-9)18-13-8-19(16,17)7-11(13)15(2)3/h4-6,11,13H,7-8,14H2,1-3H3. The maximum Gasteiger partial charge on any atom is 0.155 e. The van der Waals surface area contributed by atoms with Crippen LogP contribution in [-0.4, -0.2) is 51.1 Å². The maximum absolute atomic E-state index is 11.8. The van der Waals surface area contributed by atoms with Crippen LogP contribution in [0.3, 0.4) is 0 Å². The van der Waals surface area contributed by atoms with E-state index in [1.165, 1.54) is 0 Å². The Morgan fingerprint density at radius 3 is 2.63 bits per heavy atom. The SMILES string of the molecule is Cc1ccc(N)c(OC2CS(=O)(=O)CC2N(C)C)c1. The highest BCUT2D eigenvalue weighted by molar-refractivity contribution is 7.91. The highest BCUT2D eigenvalue weighted by Gasteiger charge is 2.40. The molecule has 0 aliphatic carbocycles. The van der Waals surface area contributed by atoms with Crippen molar-refractivity contribution < 1.29 is 13.2 Å². The van der Waals surface area contributed by atoms with Gasteiger partial charge in [0, 0.05) is 0 Å². The van der Waals surface area contributed by atoms with E-state index in [2.05, 4.69) is 0 Å². The third kappa shape index (κ3) is 3.19. The van der Waals surface area contributed by atoms with Crippen molar-refractivity contribution in [3.8, 4) is 5.75 Å². The molecule has 1 aliphatic rings. The molecule has 106 valence electrons. The summed E-state index contributed by atoms with van der Waals surface area (Å²) in [6.07, 6.45) is -0.371. The summed E-state index contributed by atoms with van der Waals surface area (Å²) in [4.78, 5) is 1.89. The van der Waals surface area contributed by atoms with Crippen LogP contribution in [0.5, 0.6) is 5.75 Å². The number of ether oxygens (including phenoxy) is 1. The minimum Gasteiger partial charge on any atom is -0.486 e. The number of benzene rings is 1. The topological polar surface area (TPSA) is 72.6 Å². The van der Waals surface area contributed by atoms with Crippen molar-refractivity contribution in [2.24, 2.45) is 0 Å². The van der Waals surface area contributed by atoms with E-state index in [9.17, 15) is 8.42 Å². The Balaban J connectivity index is 2.24. The molecule has 19 heavy (non-hydrogen) atoms. The number of aryl methyl sites for hydroxylation is 1. The molecule has 2 rings (SSSR count). The van der Waals surface area contributed by atoms with E-state index in [-0.39, 0.29) is 23.7 Å². The van der Waals surface area contributed by atoms with Gasteiger partial charge in [-0.15, -0.1) is 0 Å². The number of anilines is 1. The van der Waals surface area contributed by atoms with Gasteiger partial charge in [0.05, 0.1) is 23.2 Å². The molecular formula is C13H20N2O3S. The van der Waals surface area contributed by atoms with Crippen LogP contribution in [0.2, 0.25) is 0 Å². The van der Waals surface area contributed by atoms with Gasteiger partial charge in [0.25, 0.3) is 0 Å². The number of rotatable bonds is 3. The number of likely N-dealkylation sites (N-methyl/N-ethyl adjacent to an activating group) is 1. The summed E-state index contributed by atoms with van der Waals surface area (Å²) in [5, 5.41) is 0. The first kappa shape index (κ1) is 14.1. The Morgan fingerprint density at radius 2 is 2.00 bits per heavy atom. The number of nitrogens with zero attached hydrogens (tertiary/aromatic N) is 1. The van der Waals surface area contributed by atoms with Gasteiger partial charge in [-0.25, -0.2) is 8.42 Å². The van der Waals surface area contributed by atoms with Crippen molar-refractivity contribution in [3.63, 3.8) is 0 Å². The second kappa shape index (κ2) is 5.02. The summed E-state index contributed by atoms with van der Waals surface area (Å²) in [7, 11) is 0.685. The predicted octanol–water partition coefficient (Wildman–Crippen LogP) is 0.683. The first-order valence-corrected chi connectivity index (χ1v) is 8.00. The molecule has 5 nitrogen and oxygen atoms in total. The molecule has 1 heterocycles. The van der Waals surface area contributed by atoms with Crippen LogP contribution in [0.4, 0.5) is 5.69 Å². The van der Waals surface area contributed by atoms with Crippen molar-refractivity contribution in [2.45, 2.75) is 19.1 Å². The van der Waals surface area contributed by atoms with E-state index in [4.69, 9.17) is 10.5 Å². The van der Waals surface area contributed by atoms with Crippen LogP contribution < -0.4 is 10.5 Å². The molecule has 1 aromatic rings. The lowest BCUT2D eigenvalue weighted by Crippen LogP contribution is -2.41. The van der Waals surface area contributed by atoms with Gasteiger partial charge in [0.1, 0.15) is 11.9 Å². The van der Waals surface area contributed by atoms with Crippen LogP contribution in [-0.2, 0) is 9.84 Å². The fraction of sp³-hybridized carbons (Fsp3) is 0.538. The van der Waals surface area contributed by atoms with Crippen LogP contribution in [0.25, 0.3) is 0 Å². The molecule has 2 atom stereocenters. The fourth-order valence-corrected chi connectivity index (χ4v) is 4.26. The number of hydrogen-bond acceptors (Lipinski definition) is 5. The second-order valence-corrected chi connectivity index (χ2v) is 7.46. The average Bonchev–Trinajstić information content (AvgIpc) is 2.59. The Hall–Kier alpha value is -1.27. The quantitative estimate of drug-likeness (QED) is 0.827. The Morgan fingerprint density at radius 1 is 1.32 bits per heavy atom. The normalized spacial score (nSPS) is 25.7. The summed E-state index contributed by atoms with van der Waals surface area (Å²) in [6.45, 7) is 1.95. The van der Waals surface area contributed by atoms with Crippen molar-refractivity contribution in [1.82, 2.24) is 4.90 Å². The molecule has 0 radical (unpaired) electrons. The lowest BCUT2D eigenvalue weighted by atomic mass is 10.2. The minimum absolute atomic E-state index is 0.0449. The third-order valence-electron chi connectivity index (χ3n) is 3.38. The molecule has 0 saturated carbocycles. The molecule has 0 aromatic heterocycles. The van der Waals surface area contributed by atoms with Crippen LogP contribution in [0.15, 0.2) is 18.2 Å². The molecule has 1 saturated heterocycles. The third-order valence-corrected chi connectivity index (χ3v) is 5.07. The van der Waals surface area contributed by atoms with Crippen molar-refractivity contribution in [3.05, 3.63) is 23.8 Å². The zero-order valence-electron chi connectivity index (χ0n) is 11.5. The van der Waals surface area contributed by atoms with Crippen molar-refractivity contribution in [1.29, 1.82) is 0 Å². The van der Waals surface area contributed by atoms with Crippen molar-refractivity contribution >= 4 is 15.5 Å². The lowest BCUT2D eigenvalue weighted by molar-refractivity contribution is 0.136. The lowest BCUT2D eigenvalue weighted by Gasteiger charge is -2.25. The van der Waals surface area contributed by atoms with E-state index in [0.717, 1.165) is 5.56 Å². The van der Waals surface area contributed by atoms with Gasteiger partial charge in [0.15, 0.2) is 9.84 Å². The highest BCUT2D eigenvalue weighted by Crippen LogP contribution is 2.27. The van der Waals surface area contributed by atoms with Gasteiger partial charge >= 0.3 is 0 Å². The number of nitrogen functional groups attached to an aromatic ring is 1. The first-order chi connectivity index (χ1) is 8.78. The van der Waals surface area contributed by atoms with Gasteiger partial charge in [0.2, 0.25) is 0 Å². The van der Waals surface area contributed by atoms with Gasteiger partial charge in [-0.3, -0.25) is 0 Å². The van der Waals surface area contributed by atoms with E-state index in [1.807, 2.05) is 38.1 Å². The zero-order chi connectivity index (χ0) is 14.2. The molecule has 1 aliphatic heterocycles. The largest absolute Gasteiger partial charge is 0.486 e. The minimum atomic E-state index is -3.04. The van der Waals surface area contributed by atoms with E-state index < -0.39 is 9.84 Å². The van der Waals surface area contributed by atoms with Gasteiger partial charge in [-0.2, -0.15) is 0 Å². The molecular weight excluding hydrogens is 264 g/mol. The predicted molar refractivity (Wildman–Crippen MR) is 76.1 cm³/mol. The summed E-state index contributed by atoms with van der Waals surface area (Å²) in [5.41, 5.74) is 7.44. The molecule has 1 aromatic carbocycles. The number of nitrogens with two attached hydrogens (primary N) is 1.